The Morgan fingerprint density at radius 2 is 1.73 bits per heavy atom. The highest BCUT2D eigenvalue weighted by Crippen LogP contribution is 2.43. The molecule has 2 aromatic carbocycles. The van der Waals surface area contributed by atoms with Gasteiger partial charge in [-0.05, 0) is 29.9 Å². The monoisotopic (exact) mass is 334 g/mol. The second-order valence-corrected chi connectivity index (χ2v) is 6.58. The molecule has 0 saturated carbocycles. The van der Waals surface area contributed by atoms with E-state index >= 15 is 0 Å². The topological polar surface area (TPSA) is 8.17 Å². The van der Waals surface area contributed by atoms with Gasteiger partial charge in [-0.2, -0.15) is 0 Å². The molecule has 0 fully saturated rings. The van der Waals surface area contributed by atoms with E-state index in [1.165, 1.54) is 16.5 Å². The molecule has 0 unspecified atom stereocenters. The van der Waals surface area contributed by atoms with Crippen molar-refractivity contribution in [1.82, 2.24) is 4.57 Å². The predicted octanol–water partition coefficient (Wildman–Crippen LogP) is 6.02. The van der Waals surface area contributed by atoms with Gasteiger partial charge in [0, 0.05) is 29.2 Å². The number of aromatic nitrogens is 1. The number of allylic oxidation sites excluding steroid dienone is 5. The average molecular weight is 334 g/mol. The Morgan fingerprint density at radius 3 is 2.58 bits per heavy atom. The summed E-state index contributed by atoms with van der Waals surface area (Å²) in [6.07, 6.45) is 10.4. The third kappa shape index (κ3) is 2.00. The van der Waals surface area contributed by atoms with Gasteiger partial charge in [-0.15, -0.1) is 0 Å². The van der Waals surface area contributed by atoms with Gasteiger partial charge in [-0.3, -0.25) is 4.57 Å². The minimum atomic E-state index is 1.02. The lowest BCUT2D eigenvalue weighted by Gasteiger charge is -2.26. The molecule has 1 aliphatic carbocycles. The van der Waals surface area contributed by atoms with Crippen LogP contribution in [0.2, 0.25) is 0 Å². The van der Waals surface area contributed by atoms with Crippen LogP contribution in [0.5, 0.6) is 0 Å². The lowest BCUT2D eigenvalue weighted by molar-refractivity contribution is 1.07. The Morgan fingerprint density at radius 1 is 0.923 bits per heavy atom. The Balaban J connectivity index is 1.93. The molecule has 0 radical (unpaired) electrons. The summed E-state index contributed by atoms with van der Waals surface area (Å²) in [4.78, 5) is 2.26. The number of nitrogens with zero attached hydrogens (tertiary/aromatic N) is 2. The van der Waals surface area contributed by atoms with Gasteiger partial charge in [0.2, 0.25) is 0 Å². The molecule has 0 spiro atoms. The van der Waals surface area contributed by atoms with Gasteiger partial charge >= 0.3 is 0 Å². The summed E-state index contributed by atoms with van der Waals surface area (Å²) >= 11 is 0. The third-order valence-electron chi connectivity index (χ3n) is 5.09. The number of fused-ring (bicyclic) bond motifs is 4. The van der Waals surface area contributed by atoms with Crippen molar-refractivity contribution in [2.24, 2.45) is 0 Å². The zero-order valence-corrected chi connectivity index (χ0v) is 14.6. The fourth-order valence-corrected chi connectivity index (χ4v) is 3.88. The lowest BCUT2D eigenvalue weighted by atomic mass is 10.0. The minimum absolute atomic E-state index is 1.02. The number of para-hydroxylation sites is 2. The van der Waals surface area contributed by atoms with Gasteiger partial charge < -0.3 is 4.90 Å². The van der Waals surface area contributed by atoms with Crippen LogP contribution in [0.3, 0.4) is 0 Å². The van der Waals surface area contributed by atoms with E-state index in [0.29, 0.717) is 0 Å². The molecule has 2 aliphatic rings. The van der Waals surface area contributed by atoms with Gasteiger partial charge in [0.1, 0.15) is 5.82 Å². The van der Waals surface area contributed by atoms with Crippen LogP contribution in [0, 0.1) is 0 Å². The number of hydrogen-bond acceptors (Lipinski definition) is 1. The van der Waals surface area contributed by atoms with Crippen molar-refractivity contribution in [2.75, 3.05) is 11.9 Å². The SMILES string of the molecule is C=C1/C=C\c2c(n(C3=C=CC=C3)c3ccccc23)N(C)c2ccccc21. The van der Waals surface area contributed by atoms with Crippen LogP contribution in [-0.4, -0.2) is 11.6 Å². The third-order valence-corrected chi connectivity index (χ3v) is 5.09. The van der Waals surface area contributed by atoms with E-state index in [-0.39, 0.29) is 0 Å². The number of rotatable bonds is 1. The fourth-order valence-electron chi connectivity index (χ4n) is 3.88. The molecule has 0 N–H and O–H groups in total. The van der Waals surface area contributed by atoms with E-state index in [2.05, 4.69) is 95.6 Å². The maximum atomic E-state index is 4.27. The maximum absolute atomic E-state index is 4.27. The van der Waals surface area contributed by atoms with Crippen LogP contribution in [0.1, 0.15) is 11.1 Å². The first-order valence-electron chi connectivity index (χ1n) is 8.73. The van der Waals surface area contributed by atoms with Crippen molar-refractivity contribution in [1.29, 1.82) is 0 Å². The largest absolute Gasteiger partial charge is 0.329 e. The molecule has 0 amide bonds. The molecule has 5 rings (SSSR count). The second-order valence-electron chi connectivity index (χ2n) is 6.58. The van der Waals surface area contributed by atoms with Crippen LogP contribution in [0.15, 0.2) is 85.1 Å². The fraction of sp³-hybridized carbons (Fsp3) is 0.0417. The molecule has 0 bridgehead atoms. The van der Waals surface area contributed by atoms with E-state index in [1.807, 2.05) is 12.2 Å². The zero-order valence-electron chi connectivity index (χ0n) is 14.6. The molecular formula is C24H18N2. The molecule has 0 saturated heterocycles. The lowest BCUT2D eigenvalue weighted by Crippen LogP contribution is -2.17. The van der Waals surface area contributed by atoms with Crippen molar-refractivity contribution in [3.63, 3.8) is 0 Å². The molecule has 2 heterocycles. The van der Waals surface area contributed by atoms with Crippen molar-refractivity contribution in [3.05, 3.63) is 96.3 Å². The summed E-state index contributed by atoms with van der Waals surface area (Å²) in [6.45, 7) is 4.27. The summed E-state index contributed by atoms with van der Waals surface area (Å²) in [7, 11) is 2.13. The summed E-state index contributed by atoms with van der Waals surface area (Å²) in [6, 6.07) is 17.0. The van der Waals surface area contributed by atoms with Gasteiger partial charge in [-0.1, -0.05) is 66.9 Å². The highest BCUT2D eigenvalue weighted by molar-refractivity contribution is 6.03. The summed E-state index contributed by atoms with van der Waals surface area (Å²) in [5, 5.41) is 1.23. The van der Waals surface area contributed by atoms with E-state index in [9.17, 15) is 0 Å². The first kappa shape index (κ1) is 14.8. The van der Waals surface area contributed by atoms with Crippen LogP contribution >= 0.6 is 0 Å². The standard InChI is InChI=1S/C24H18N2/c1-17-15-16-21-20-12-6-8-14-23(20)26(18-9-3-4-10-18)24(21)25(2)22-13-7-5-11-19(17)22/h3-9,11-16H,1H2,2H3/b16-15-. The van der Waals surface area contributed by atoms with Crippen LogP contribution in [0.4, 0.5) is 11.5 Å². The molecule has 3 aromatic rings. The maximum Gasteiger partial charge on any atom is 0.126 e. The van der Waals surface area contributed by atoms with Crippen LogP contribution in [0.25, 0.3) is 28.2 Å². The Hall–Kier alpha value is -3.48. The Kier molecular flexibility index (Phi) is 3.15. The highest BCUT2D eigenvalue weighted by atomic mass is 15.2. The molecular weight excluding hydrogens is 316 g/mol. The van der Waals surface area contributed by atoms with Gasteiger partial charge in [0.25, 0.3) is 0 Å². The second kappa shape index (κ2) is 5.52. The van der Waals surface area contributed by atoms with Crippen molar-refractivity contribution >= 4 is 39.8 Å². The van der Waals surface area contributed by atoms with Gasteiger partial charge in [-0.25, -0.2) is 0 Å². The quantitative estimate of drug-likeness (QED) is 0.494. The molecule has 2 nitrogen and oxygen atoms in total. The number of anilines is 2. The minimum Gasteiger partial charge on any atom is -0.329 e. The number of benzene rings is 2. The Bertz CT molecular complexity index is 1190. The molecule has 0 atom stereocenters. The van der Waals surface area contributed by atoms with E-state index in [1.54, 1.807) is 0 Å². The zero-order chi connectivity index (χ0) is 17.7. The van der Waals surface area contributed by atoms with Crippen molar-refractivity contribution in [2.45, 2.75) is 0 Å². The van der Waals surface area contributed by atoms with Gasteiger partial charge in [0.05, 0.1) is 11.2 Å². The molecule has 124 valence electrons. The predicted molar refractivity (Wildman–Crippen MR) is 111 cm³/mol. The summed E-state index contributed by atoms with van der Waals surface area (Å²) in [5.41, 5.74) is 10.1. The van der Waals surface area contributed by atoms with Crippen LogP contribution in [-0.2, 0) is 0 Å². The first-order valence-corrected chi connectivity index (χ1v) is 8.73. The molecule has 1 aliphatic heterocycles. The Labute approximate surface area is 153 Å². The van der Waals surface area contributed by atoms with E-state index in [0.717, 1.165) is 28.3 Å². The van der Waals surface area contributed by atoms with Gasteiger partial charge in [0.15, 0.2) is 0 Å². The van der Waals surface area contributed by atoms with Crippen LogP contribution < -0.4 is 4.90 Å². The summed E-state index contributed by atoms with van der Waals surface area (Å²) < 4.78 is 2.29. The van der Waals surface area contributed by atoms with E-state index < -0.39 is 0 Å². The first-order chi connectivity index (χ1) is 12.8. The number of hydrogen-bond donors (Lipinski definition) is 0. The molecule has 2 heteroatoms. The average Bonchev–Trinajstić information content (AvgIpc) is 3.30. The van der Waals surface area contributed by atoms with E-state index in [4.69, 9.17) is 0 Å². The smallest absolute Gasteiger partial charge is 0.126 e. The highest BCUT2D eigenvalue weighted by Gasteiger charge is 2.24. The molecule has 26 heavy (non-hydrogen) atoms. The van der Waals surface area contributed by atoms with Crippen molar-refractivity contribution < 1.29 is 0 Å². The van der Waals surface area contributed by atoms with Crippen molar-refractivity contribution in [3.8, 4) is 0 Å². The molecule has 1 aromatic heterocycles. The normalized spacial score (nSPS) is 16.3. The summed E-state index contributed by atoms with van der Waals surface area (Å²) in [5.74, 6) is 1.14.